The summed E-state index contributed by atoms with van der Waals surface area (Å²) in [5, 5.41) is 2.17. The molecule has 1 fully saturated rings. The number of likely N-dealkylation sites (N-methyl/N-ethyl adjacent to an activating group) is 1. The molecule has 9 nitrogen and oxygen atoms in total. The highest BCUT2D eigenvalue weighted by Crippen LogP contribution is 2.52. The van der Waals surface area contributed by atoms with Gasteiger partial charge in [0.15, 0.2) is 5.78 Å². The summed E-state index contributed by atoms with van der Waals surface area (Å²) in [4.78, 5) is 46.6. The number of hydrogen-bond donors (Lipinski definition) is 1. The lowest BCUT2D eigenvalue weighted by atomic mass is 9.83. The molecular weight excluding hydrogens is 677 g/mol. The Morgan fingerprint density at radius 3 is 2.39 bits per heavy atom. The molecule has 2 aliphatic rings. The van der Waals surface area contributed by atoms with E-state index in [2.05, 4.69) is 10.3 Å². The molecule has 1 aliphatic carbocycles. The van der Waals surface area contributed by atoms with Gasteiger partial charge < -0.3 is 24.4 Å². The minimum atomic E-state index is -5.22. The molecule has 2 aromatic rings. The van der Waals surface area contributed by atoms with Crippen molar-refractivity contribution in [3.63, 3.8) is 0 Å². The Kier molecular flexibility index (Phi) is 11.6. The molecule has 0 saturated heterocycles. The van der Waals surface area contributed by atoms with Crippen molar-refractivity contribution >= 4 is 28.7 Å². The summed E-state index contributed by atoms with van der Waals surface area (Å²) in [5.41, 5.74) is -4.93. The zero-order valence-electron chi connectivity index (χ0n) is 30.8. The van der Waals surface area contributed by atoms with Gasteiger partial charge in [0.25, 0.3) is 5.92 Å². The Hall–Kier alpha value is -3.71. The Bertz CT molecular complexity index is 1620. The number of alkyl halides is 5. The van der Waals surface area contributed by atoms with Crippen molar-refractivity contribution in [3.8, 4) is 11.6 Å². The summed E-state index contributed by atoms with van der Waals surface area (Å²) in [6.07, 6.45) is -5.82. The molecule has 1 saturated carbocycles. The summed E-state index contributed by atoms with van der Waals surface area (Å²) < 4.78 is 94.1. The number of aromatic nitrogens is 1. The number of halogens is 5. The monoisotopic (exact) mass is 727 g/mol. The lowest BCUT2D eigenvalue weighted by Crippen LogP contribution is -2.59. The van der Waals surface area contributed by atoms with Crippen LogP contribution in [0.1, 0.15) is 98.1 Å². The first-order valence-corrected chi connectivity index (χ1v) is 17.5. The summed E-state index contributed by atoms with van der Waals surface area (Å²) in [6, 6.07) is 1.19. The van der Waals surface area contributed by atoms with Crippen LogP contribution in [0.3, 0.4) is 0 Å². The number of nitrogens with one attached hydrogen (secondary N) is 1. The van der Waals surface area contributed by atoms with Crippen molar-refractivity contribution in [2.45, 2.75) is 117 Å². The van der Waals surface area contributed by atoms with E-state index in [1.807, 2.05) is 0 Å². The van der Waals surface area contributed by atoms with Gasteiger partial charge in [0.05, 0.1) is 36.4 Å². The maximum absolute atomic E-state index is 16.3. The molecule has 0 bridgehead atoms. The predicted molar refractivity (Wildman–Crippen MR) is 181 cm³/mol. The topological polar surface area (TPSA) is 107 Å². The van der Waals surface area contributed by atoms with E-state index in [1.165, 1.54) is 31.2 Å². The number of nitrogens with zero attached hydrogens (tertiary/aromatic N) is 2. The SMILES string of the molecule is CCC1COc2nc3cc(OC)ccc3c(C(F)(F)F)c2C(F)(F)CCCCC2CC2(C)OC(=O)NC(C(C)(C)C)C(=O)N(C)C1C(=O)C(C)C. The molecule has 1 aromatic carbocycles. The predicted octanol–water partition coefficient (Wildman–Crippen LogP) is 8.30. The number of fused-ring (bicyclic) bond motifs is 3. The van der Waals surface area contributed by atoms with Crippen molar-refractivity contribution in [3.05, 3.63) is 29.3 Å². The van der Waals surface area contributed by atoms with Gasteiger partial charge in [-0.3, -0.25) is 9.59 Å². The fourth-order valence-corrected chi connectivity index (χ4v) is 6.96. The van der Waals surface area contributed by atoms with Crippen molar-refractivity contribution in [2.24, 2.45) is 23.2 Å². The van der Waals surface area contributed by atoms with Gasteiger partial charge in [-0.15, -0.1) is 0 Å². The minimum absolute atomic E-state index is 0.128. The standard InChI is InChI=1S/C37H50F5N3O6/c1-10-21-19-50-31-27(26(37(40,41)42)24-15-14-23(49-9)17-25(24)43-31)36(38,39)16-12-11-13-22-18-35(22,7)51-33(48)44-30(34(4,5)6)32(47)45(8)28(21)29(46)20(2)3/h14-15,17,20-22,28,30H,10-13,16,18-19H2,1-9H3,(H,44,48). The Balaban J connectivity index is 1.91. The lowest BCUT2D eigenvalue weighted by Gasteiger charge is -2.39. The molecule has 5 atom stereocenters. The first-order valence-electron chi connectivity index (χ1n) is 17.5. The van der Waals surface area contributed by atoms with E-state index < -0.39 is 94.5 Å². The molecule has 0 radical (unpaired) electrons. The van der Waals surface area contributed by atoms with Crippen LogP contribution in [0.25, 0.3) is 10.9 Å². The van der Waals surface area contributed by atoms with Crippen molar-refractivity contribution in [2.75, 3.05) is 20.8 Å². The van der Waals surface area contributed by atoms with E-state index >= 15 is 8.78 Å². The molecule has 1 N–H and O–H groups in total. The largest absolute Gasteiger partial charge is 0.497 e. The zero-order chi connectivity index (χ0) is 38.3. The van der Waals surface area contributed by atoms with E-state index in [0.29, 0.717) is 12.8 Å². The average molecular weight is 728 g/mol. The van der Waals surface area contributed by atoms with Gasteiger partial charge in [0.1, 0.15) is 17.4 Å². The van der Waals surface area contributed by atoms with Crippen molar-refractivity contribution in [1.29, 1.82) is 0 Å². The van der Waals surface area contributed by atoms with Crippen molar-refractivity contribution in [1.82, 2.24) is 15.2 Å². The van der Waals surface area contributed by atoms with Gasteiger partial charge in [-0.25, -0.2) is 18.6 Å². The molecule has 1 aliphatic heterocycles. The molecule has 284 valence electrons. The van der Waals surface area contributed by atoms with Gasteiger partial charge >= 0.3 is 12.3 Å². The van der Waals surface area contributed by atoms with Gasteiger partial charge in [0, 0.05) is 42.7 Å². The number of hydrogen-bond acceptors (Lipinski definition) is 7. The van der Waals surface area contributed by atoms with Crippen LogP contribution < -0.4 is 14.8 Å². The number of ether oxygens (including phenoxy) is 3. The van der Waals surface area contributed by atoms with E-state index in [0.717, 1.165) is 6.07 Å². The average Bonchev–Trinajstić information content (AvgIpc) is 3.68. The number of rotatable bonds is 4. The van der Waals surface area contributed by atoms with Gasteiger partial charge in [-0.2, -0.15) is 13.2 Å². The van der Waals surface area contributed by atoms with Crippen LogP contribution in [0, 0.1) is 23.2 Å². The Labute approximate surface area is 296 Å². The Morgan fingerprint density at radius 2 is 1.82 bits per heavy atom. The van der Waals surface area contributed by atoms with Crippen LogP contribution in [0.4, 0.5) is 26.7 Å². The molecule has 1 aromatic heterocycles. The van der Waals surface area contributed by atoms with E-state index in [1.54, 1.807) is 48.5 Å². The number of benzene rings is 1. The molecular formula is C37H50F5N3O6. The highest BCUT2D eigenvalue weighted by Gasteiger charge is 2.54. The number of alkyl carbamates (subject to hydrolysis) is 1. The van der Waals surface area contributed by atoms with Crippen LogP contribution in [0.5, 0.6) is 11.6 Å². The number of carbonyl (C=O) groups excluding carboxylic acids is 3. The highest BCUT2D eigenvalue weighted by molar-refractivity contribution is 5.93. The number of ketones is 1. The van der Waals surface area contributed by atoms with Gasteiger partial charge in [0.2, 0.25) is 11.8 Å². The third kappa shape index (κ3) is 8.68. The second kappa shape index (κ2) is 14.7. The number of carbonyl (C=O) groups is 3. The first kappa shape index (κ1) is 40.1. The molecule has 2 heterocycles. The van der Waals surface area contributed by atoms with E-state index in [9.17, 15) is 27.6 Å². The number of pyridine rings is 1. The van der Waals surface area contributed by atoms with Crippen LogP contribution in [-0.4, -0.2) is 66.1 Å². The molecule has 14 heteroatoms. The first-order chi connectivity index (χ1) is 23.6. The smallest absolute Gasteiger partial charge is 0.417 e. The quantitative estimate of drug-likeness (QED) is 0.316. The summed E-state index contributed by atoms with van der Waals surface area (Å²) in [5.74, 6) is -7.37. The number of Topliss-reactive ketones (excluding diaryl/α,β-unsaturated/α-hetero) is 1. The number of amides is 2. The highest BCUT2D eigenvalue weighted by atomic mass is 19.4. The second-order valence-corrected chi connectivity index (χ2v) is 15.5. The summed E-state index contributed by atoms with van der Waals surface area (Å²) in [6.45, 7) is 11.4. The third-order valence-electron chi connectivity index (χ3n) is 10.2. The maximum Gasteiger partial charge on any atom is 0.417 e. The minimum Gasteiger partial charge on any atom is -0.497 e. The number of methoxy groups -OCH3 is 1. The van der Waals surface area contributed by atoms with Gasteiger partial charge in [-0.05, 0) is 50.2 Å². The third-order valence-corrected chi connectivity index (χ3v) is 10.2. The molecule has 4 rings (SSSR count). The molecule has 51 heavy (non-hydrogen) atoms. The fourth-order valence-electron chi connectivity index (χ4n) is 6.96. The van der Waals surface area contributed by atoms with Gasteiger partial charge in [-0.1, -0.05) is 48.0 Å². The summed E-state index contributed by atoms with van der Waals surface area (Å²) in [7, 11) is 2.72. The second-order valence-electron chi connectivity index (χ2n) is 15.5. The molecule has 0 spiro atoms. The van der Waals surface area contributed by atoms with E-state index in [4.69, 9.17) is 14.2 Å². The molecule has 5 unspecified atom stereocenters. The summed E-state index contributed by atoms with van der Waals surface area (Å²) >= 11 is 0. The van der Waals surface area contributed by atoms with Crippen LogP contribution in [0.15, 0.2) is 18.2 Å². The van der Waals surface area contributed by atoms with Crippen LogP contribution in [0.2, 0.25) is 0 Å². The van der Waals surface area contributed by atoms with E-state index in [-0.39, 0.29) is 42.2 Å². The lowest BCUT2D eigenvalue weighted by molar-refractivity contribution is -0.145. The fraction of sp³-hybridized carbons (Fsp3) is 0.676. The normalized spacial score (nSPS) is 26.8. The Morgan fingerprint density at radius 1 is 1.16 bits per heavy atom. The van der Waals surface area contributed by atoms with Crippen molar-refractivity contribution < 1.29 is 50.5 Å². The molecule has 2 amide bonds. The van der Waals surface area contributed by atoms with Crippen LogP contribution in [-0.2, 0) is 26.4 Å². The van der Waals surface area contributed by atoms with Crippen LogP contribution >= 0.6 is 0 Å². The maximum atomic E-state index is 16.3. The zero-order valence-corrected chi connectivity index (χ0v) is 30.8.